The Kier molecular flexibility index (Phi) is 7.11. The van der Waals surface area contributed by atoms with E-state index in [1.165, 1.54) is 96.9 Å². The van der Waals surface area contributed by atoms with Crippen molar-refractivity contribution in [1.82, 2.24) is 10.2 Å². The number of hydrogen-bond acceptors (Lipinski definition) is 2. The Morgan fingerprint density at radius 1 is 0.833 bits per heavy atom. The highest BCUT2D eigenvalue weighted by Gasteiger charge is 2.12. The summed E-state index contributed by atoms with van der Waals surface area (Å²) in [6, 6.07) is 0. The Hall–Kier alpha value is -0.0800. The van der Waals surface area contributed by atoms with Crippen molar-refractivity contribution in [2.24, 2.45) is 5.92 Å². The smallest absolute Gasteiger partial charge is 0.0107 e. The normalized spacial score (nSPS) is 23.3. The Bertz CT molecular complexity index is 171. The van der Waals surface area contributed by atoms with Crippen LogP contribution in [0.5, 0.6) is 0 Å². The van der Waals surface area contributed by atoms with Gasteiger partial charge < -0.3 is 10.2 Å². The third-order valence-corrected chi connectivity index (χ3v) is 4.74. The molecule has 18 heavy (non-hydrogen) atoms. The van der Waals surface area contributed by atoms with Crippen molar-refractivity contribution in [3.05, 3.63) is 0 Å². The molecule has 1 saturated carbocycles. The molecule has 1 aliphatic carbocycles. The van der Waals surface area contributed by atoms with Gasteiger partial charge >= 0.3 is 0 Å². The summed E-state index contributed by atoms with van der Waals surface area (Å²) in [7, 11) is 0. The van der Waals surface area contributed by atoms with Gasteiger partial charge in [0.2, 0.25) is 0 Å². The van der Waals surface area contributed by atoms with Gasteiger partial charge in [-0.15, -0.1) is 0 Å². The summed E-state index contributed by atoms with van der Waals surface area (Å²) in [6.45, 7) is 6.38. The quantitative estimate of drug-likeness (QED) is 0.698. The number of rotatable bonds is 7. The summed E-state index contributed by atoms with van der Waals surface area (Å²) in [4.78, 5) is 2.62. The van der Waals surface area contributed by atoms with Crippen molar-refractivity contribution in [1.29, 1.82) is 0 Å². The van der Waals surface area contributed by atoms with Crippen LogP contribution in [0.4, 0.5) is 0 Å². The largest absolute Gasteiger partial charge is 0.315 e. The first-order valence-corrected chi connectivity index (χ1v) is 8.38. The lowest BCUT2D eigenvalue weighted by molar-refractivity contribution is 0.228. The molecule has 0 amide bonds. The molecule has 1 N–H and O–H groups in total. The molecule has 0 bridgehead atoms. The first kappa shape index (κ1) is 14.3. The van der Waals surface area contributed by atoms with E-state index in [1.54, 1.807) is 0 Å². The molecule has 0 spiro atoms. The molecule has 0 aromatic rings. The summed E-state index contributed by atoms with van der Waals surface area (Å²) >= 11 is 0. The average Bonchev–Trinajstić information content (AvgIpc) is 2.45. The van der Waals surface area contributed by atoms with Crippen molar-refractivity contribution in [2.45, 2.75) is 64.2 Å². The maximum atomic E-state index is 3.63. The fraction of sp³-hybridized carbons (Fsp3) is 1.00. The molecular weight excluding hydrogens is 220 g/mol. The fourth-order valence-electron chi connectivity index (χ4n) is 3.54. The topological polar surface area (TPSA) is 15.3 Å². The Morgan fingerprint density at radius 3 is 2.33 bits per heavy atom. The Morgan fingerprint density at radius 2 is 1.56 bits per heavy atom. The molecular formula is C16H32N2. The molecule has 0 aromatic heterocycles. The van der Waals surface area contributed by atoms with E-state index in [0.717, 1.165) is 5.92 Å². The third kappa shape index (κ3) is 5.71. The summed E-state index contributed by atoms with van der Waals surface area (Å²) in [5.41, 5.74) is 0. The minimum atomic E-state index is 1.06. The van der Waals surface area contributed by atoms with Gasteiger partial charge in [0.25, 0.3) is 0 Å². The van der Waals surface area contributed by atoms with E-state index in [-0.39, 0.29) is 0 Å². The van der Waals surface area contributed by atoms with Crippen LogP contribution in [0.3, 0.4) is 0 Å². The molecule has 106 valence electrons. The number of piperidine rings is 1. The zero-order valence-electron chi connectivity index (χ0n) is 12.1. The summed E-state index contributed by atoms with van der Waals surface area (Å²) in [6.07, 6.45) is 14.6. The van der Waals surface area contributed by atoms with E-state index in [0.29, 0.717) is 0 Å². The lowest BCUT2D eigenvalue weighted by atomic mass is 9.86. The van der Waals surface area contributed by atoms with E-state index in [4.69, 9.17) is 0 Å². The van der Waals surface area contributed by atoms with Crippen LogP contribution in [0.25, 0.3) is 0 Å². The van der Waals surface area contributed by atoms with Crippen LogP contribution in [0.2, 0.25) is 0 Å². The molecule has 0 unspecified atom stereocenters. The SMILES string of the molecule is C1CCC(CCCNCCN2CCCCC2)CC1. The molecule has 1 saturated heterocycles. The summed E-state index contributed by atoms with van der Waals surface area (Å²) in [5.74, 6) is 1.06. The number of hydrogen-bond donors (Lipinski definition) is 1. The molecule has 2 aliphatic rings. The molecule has 2 heteroatoms. The van der Waals surface area contributed by atoms with Crippen LogP contribution in [-0.4, -0.2) is 37.6 Å². The minimum absolute atomic E-state index is 1.06. The van der Waals surface area contributed by atoms with E-state index in [9.17, 15) is 0 Å². The van der Waals surface area contributed by atoms with Crippen LogP contribution in [0.1, 0.15) is 64.2 Å². The number of nitrogens with zero attached hydrogens (tertiary/aromatic N) is 1. The van der Waals surface area contributed by atoms with Crippen molar-refractivity contribution >= 4 is 0 Å². The number of nitrogens with one attached hydrogen (secondary N) is 1. The molecule has 0 aromatic carbocycles. The second kappa shape index (κ2) is 8.92. The van der Waals surface area contributed by atoms with E-state index in [2.05, 4.69) is 10.2 Å². The van der Waals surface area contributed by atoms with E-state index >= 15 is 0 Å². The second-order valence-corrected chi connectivity index (χ2v) is 6.30. The Labute approximate surface area is 114 Å². The van der Waals surface area contributed by atoms with Crippen molar-refractivity contribution < 1.29 is 0 Å². The number of likely N-dealkylation sites (tertiary alicyclic amines) is 1. The maximum Gasteiger partial charge on any atom is 0.0107 e. The zero-order chi connectivity index (χ0) is 12.5. The Balaban J connectivity index is 1.39. The van der Waals surface area contributed by atoms with Crippen LogP contribution in [0, 0.1) is 5.92 Å². The average molecular weight is 252 g/mol. The third-order valence-electron chi connectivity index (χ3n) is 4.74. The molecule has 2 nitrogen and oxygen atoms in total. The molecule has 1 aliphatic heterocycles. The van der Waals surface area contributed by atoms with E-state index in [1.807, 2.05) is 0 Å². The zero-order valence-corrected chi connectivity index (χ0v) is 12.1. The van der Waals surface area contributed by atoms with Gasteiger partial charge in [0.05, 0.1) is 0 Å². The van der Waals surface area contributed by atoms with Gasteiger partial charge in [-0.3, -0.25) is 0 Å². The first-order chi connectivity index (χ1) is 8.95. The molecule has 2 fully saturated rings. The molecule has 0 atom stereocenters. The van der Waals surface area contributed by atoms with Crippen LogP contribution < -0.4 is 5.32 Å². The highest BCUT2D eigenvalue weighted by Crippen LogP contribution is 2.26. The van der Waals surface area contributed by atoms with Crippen molar-refractivity contribution in [2.75, 3.05) is 32.7 Å². The molecule has 2 rings (SSSR count). The summed E-state index contributed by atoms with van der Waals surface area (Å²) in [5, 5.41) is 3.63. The predicted octanol–water partition coefficient (Wildman–Crippen LogP) is 3.42. The van der Waals surface area contributed by atoms with E-state index < -0.39 is 0 Å². The van der Waals surface area contributed by atoms with Crippen LogP contribution >= 0.6 is 0 Å². The molecule has 1 heterocycles. The highest BCUT2D eigenvalue weighted by molar-refractivity contribution is 4.67. The van der Waals surface area contributed by atoms with Gasteiger partial charge in [-0.25, -0.2) is 0 Å². The second-order valence-electron chi connectivity index (χ2n) is 6.30. The molecule has 0 radical (unpaired) electrons. The van der Waals surface area contributed by atoms with Gasteiger partial charge in [-0.2, -0.15) is 0 Å². The lowest BCUT2D eigenvalue weighted by Gasteiger charge is -2.26. The van der Waals surface area contributed by atoms with Crippen molar-refractivity contribution in [3.63, 3.8) is 0 Å². The fourth-order valence-corrected chi connectivity index (χ4v) is 3.54. The maximum absolute atomic E-state index is 3.63. The van der Waals surface area contributed by atoms with Gasteiger partial charge in [0, 0.05) is 13.1 Å². The van der Waals surface area contributed by atoms with Gasteiger partial charge in [0.1, 0.15) is 0 Å². The van der Waals surface area contributed by atoms with Gasteiger partial charge in [-0.1, -0.05) is 38.5 Å². The minimum Gasteiger partial charge on any atom is -0.315 e. The van der Waals surface area contributed by atoms with Gasteiger partial charge in [-0.05, 0) is 51.2 Å². The summed E-state index contributed by atoms with van der Waals surface area (Å²) < 4.78 is 0. The standard InChI is InChI=1S/C16H32N2/c1-3-8-16(9-4-1)10-7-11-17-12-15-18-13-5-2-6-14-18/h16-17H,1-15H2. The van der Waals surface area contributed by atoms with Crippen molar-refractivity contribution in [3.8, 4) is 0 Å². The van der Waals surface area contributed by atoms with Crippen LogP contribution in [0.15, 0.2) is 0 Å². The lowest BCUT2D eigenvalue weighted by Crippen LogP contribution is -2.36. The van der Waals surface area contributed by atoms with Gasteiger partial charge in [0.15, 0.2) is 0 Å². The monoisotopic (exact) mass is 252 g/mol. The predicted molar refractivity (Wildman–Crippen MR) is 79.0 cm³/mol. The van der Waals surface area contributed by atoms with Crippen LogP contribution in [-0.2, 0) is 0 Å². The highest BCUT2D eigenvalue weighted by atomic mass is 15.1. The first-order valence-electron chi connectivity index (χ1n) is 8.38.